The van der Waals surface area contributed by atoms with Crippen LogP contribution in [0.4, 0.5) is 18.9 Å². The van der Waals surface area contributed by atoms with E-state index < -0.39 is 23.8 Å². The lowest BCUT2D eigenvalue weighted by Gasteiger charge is -2.15. The third-order valence-electron chi connectivity index (χ3n) is 4.96. The average molecular weight is 451 g/mol. The number of ether oxygens (including phenoxy) is 1. The number of amidine groups is 1. The fourth-order valence-corrected chi connectivity index (χ4v) is 3.37. The molecule has 0 spiro atoms. The van der Waals surface area contributed by atoms with Gasteiger partial charge < -0.3 is 15.8 Å². The molecule has 4 aromatic rings. The molecule has 4 rings (SSSR count). The number of hydrogen-bond acceptors (Lipinski definition) is 4. The number of carbonyl (C=O) groups excluding carboxylic acids is 2. The molecule has 0 aliphatic heterocycles. The Hall–Kier alpha value is -4.40. The molecule has 0 aliphatic carbocycles. The molecular formula is C24H16F3N3O3. The van der Waals surface area contributed by atoms with E-state index in [4.69, 9.17) is 11.1 Å². The Morgan fingerprint density at radius 3 is 2.27 bits per heavy atom. The number of halogens is 3. The maximum atomic E-state index is 13.0. The quantitative estimate of drug-likeness (QED) is 0.176. The number of nitrogens with one attached hydrogen (secondary N) is 2. The van der Waals surface area contributed by atoms with Gasteiger partial charge in [-0.05, 0) is 46.5 Å². The van der Waals surface area contributed by atoms with Gasteiger partial charge in [0.15, 0.2) is 5.75 Å². The molecule has 0 fully saturated rings. The Morgan fingerprint density at radius 2 is 1.58 bits per heavy atom. The summed E-state index contributed by atoms with van der Waals surface area (Å²) in [6, 6.07) is 19.5. The second-order valence-electron chi connectivity index (χ2n) is 7.20. The van der Waals surface area contributed by atoms with E-state index in [0.29, 0.717) is 16.6 Å². The van der Waals surface area contributed by atoms with Crippen LogP contribution in [0.15, 0.2) is 72.8 Å². The summed E-state index contributed by atoms with van der Waals surface area (Å²) in [6.45, 7) is 0. The number of nitrogens with two attached hydrogens (primary N) is 1. The van der Waals surface area contributed by atoms with Crippen LogP contribution in [-0.2, 0) is 4.79 Å². The van der Waals surface area contributed by atoms with Gasteiger partial charge in [-0.25, -0.2) is 4.79 Å². The van der Waals surface area contributed by atoms with E-state index in [1.54, 1.807) is 18.2 Å². The van der Waals surface area contributed by atoms with Crippen molar-refractivity contribution < 1.29 is 27.5 Å². The van der Waals surface area contributed by atoms with Crippen molar-refractivity contribution in [3.05, 3.63) is 83.9 Å². The van der Waals surface area contributed by atoms with Gasteiger partial charge in [0.1, 0.15) is 5.84 Å². The highest BCUT2D eigenvalue weighted by molar-refractivity contribution is 6.12. The molecule has 0 radical (unpaired) electrons. The van der Waals surface area contributed by atoms with Crippen molar-refractivity contribution in [1.29, 1.82) is 5.41 Å². The number of hydrogen-bond donors (Lipinski definition) is 3. The maximum Gasteiger partial charge on any atom is 0.491 e. The lowest BCUT2D eigenvalue weighted by Crippen LogP contribution is -2.29. The van der Waals surface area contributed by atoms with Crippen LogP contribution in [0.2, 0.25) is 0 Å². The van der Waals surface area contributed by atoms with E-state index >= 15 is 0 Å². The first-order chi connectivity index (χ1) is 15.6. The summed E-state index contributed by atoms with van der Waals surface area (Å²) in [5.41, 5.74) is 5.95. The van der Waals surface area contributed by atoms with E-state index in [-0.39, 0.29) is 16.8 Å². The van der Waals surface area contributed by atoms with Crippen LogP contribution in [-0.4, -0.2) is 23.9 Å². The van der Waals surface area contributed by atoms with Gasteiger partial charge in [0, 0.05) is 16.6 Å². The maximum absolute atomic E-state index is 13.0. The highest BCUT2D eigenvalue weighted by Gasteiger charge is 2.42. The monoisotopic (exact) mass is 451 g/mol. The predicted octanol–water partition coefficient (Wildman–Crippen LogP) is 5.00. The number of carbonyl (C=O) groups is 2. The first kappa shape index (κ1) is 21.8. The fourth-order valence-electron chi connectivity index (χ4n) is 3.37. The first-order valence-corrected chi connectivity index (χ1v) is 9.64. The highest BCUT2D eigenvalue weighted by atomic mass is 19.4. The lowest BCUT2D eigenvalue weighted by atomic mass is 10.0. The topological polar surface area (TPSA) is 105 Å². The predicted molar refractivity (Wildman–Crippen MR) is 119 cm³/mol. The number of benzene rings is 4. The number of anilines is 1. The van der Waals surface area contributed by atoms with Crippen molar-refractivity contribution in [3.63, 3.8) is 0 Å². The van der Waals surface area contributed by atoms with Crippen molar-refractivity contribution in [2.75, 3.05) is 5.32 Å². The molecule has 6 nitrogen and oxygen atoms in total. The van der Waals surface area contributed by atoms with Gasteiger partial charge in [-0.1, -0.05) is 42.5 Å². The Kier molecular flexibility index (Phi) is 5.47. The molecule has 166 valence electrons. The summed E-state index contributed by atoms with van der Waals surface area (Å²) in [5.74, 6) is -4.00. The summed E-state index contributed by atoms with van der Waals surface area (Å²) in [6.07, 6.45) is -5.26. The van der Waals surface area contributed by atoms with Crippen LogP contribution < -0.4 is 15.8 Å². The van der Waals surface area contributed by atoms with Gasteiger partial charge in [-0.15, -0.1) is 0 Å². The van der Waals surface area contributed by atoms with Gasteiger partial charge in [-0.3, -0.25) is 10.2 Å². The van der Waals surface area contributed by atoms with Crippen LogP contribution in [0.5, 0.6) is 5.75 Å². The van der Waals surface area contributed by atoms with Gasteiger partial charge in [0.25, 0.3) is 5.91 Å². The average Bonchev–Trinajstić information content (AvgIpc) is 2.78. The van der Waals surface area contributed by atoms with Crippen molar-refractivity contribution in [2.45, 2.75) is 6.18 Å². The normalized spacial score (nSPS) is 11.4. The molecule has 9 heteroatoms. The minimum atomic E-state index is -5.26. The molecular weight excluding hydrogens is 435 g/mol. The number of amides is 1. The lowest BCUT2D eigenvalue weighted by molar-refractivity contribution is -0.189. The minimum absolute atomic E-state index is 0.0868. The molecule has 0 saturated heterocycles. The number of alkyl halides is 3. The van der Waals surface area contributed by atoms with Gasteiger partial charge in [-0.2, -0.15) is 13.2 Å². The summed E-state index contributed by atoms with van der Waals surface area (Å²) in [4.78, 5) is 24.6. The Bertz CT molecular complexity index is 1430. The molecule has 0 aromatic heterocycles. The molecule has 0 bridgehead atoms. The van der Waals surface area contributed by atoms with Crippen molar-refractivity contribution >= 4 is 44.9 Å². The van der Waals surface area contributed by atoms with E-state index in [0.717, 1.165) is 10.8 Å². The van der Waals surface area contributed by atoms with Crippen molar-refractivity contribution in [3.8, 4) is 5.75 Å². The largest absolute Gasteiger partial charge is 0.491 e. The third-order valence-corrected chi connectivity index (χ3v) is 4.96. The third kappa shape index (κ3) is 4.47. The molecule has 4 aromatic carbocycles. The zero-order valence-electron chi connectivity index (χ0n) is 16.9. The minimum Gasteiger partial charge on any atom is -0.418 e. The molecule has 1 amide bonds. The summed E-state index contributed by atoms with van der Waals surface area (Å²) in [5, 5.41) is 12.4. The molecule has 0 aliphatic rings. The zero-order chi connectivity index (χ0) is 23.8. The second kappa shape index (κ2) is 8.27. The van der Waals surface area contributed by atoms with E-state index in [9.17, 15) is 22.8 Å². The second-order valence-corrected chi connectivity index (χ2v) is 7.20. The SMILES string of the molecule is N=C(N)c1ccc2c(OC(=O)C(F)(F)F)c(C(=O)Nc3ccc4ccccc4c3)ccc2c1. The molecule has 33 heavy (non-hydrogen) atoms. The van der Waals surface area contributed by atoms with Crippen molar-refractivity contribution in [2.24, 2.45) is 5.73 Å². The number of esters is 1. The number of fused-ring (bicyclic) bond motifs is 2. The fraction of sp³-hybridized carbons (Fsp3) is 0.0417. The van der Waals surface area contributed by atoms with Crippen LogP contribution in [0.1, 0.15) is 15.9 Å². The smallest absolute Gasteiger partial charge is 0.418 e. The standard InChI is InChI=1S/C24H16F3N3O3/c25-24(26,27)23(32)33-20-18-9-7-16(21(28)29)11-15(18)6-10-19(20)22(31)30-17-8-5-13-3-1-2-4-14(13)12-17/h1-12H,(H3,28,29)(H,30,31). The first-order valence-electron chi connectivity index (χ1n) is 9.64. The highest BCUT2D eigenvalue weighted by Crippen LogP contribution is 2.33. The van der Waals surface area contributed by atoms with E-state index in [1.165, 1.54) is 30.3 Å². The van der Waals surface area contributed by atoms with Crippen LogP contribution >= 0.6 is 0 Å². The number of nitrogen functional groups attached to an aromatic ring is 1. The molecule has 4 N–H and O–H groups in total. The van der Waals surface area contributed by atoms with Gasteiger partial charge in [0.05, 0.1) is 5.56 Å². The summed E-state index contributed by atoms with van der Waals surface area (Å²) in [7, 11) is 0. The van der Waals surface area contributed by atoms with E-state index in [2.05, 4.69) is 10.1 Å². The van der Waals surface area contributed by atoms with Gasteiger partial charge >= 0.3 is 12.1 Å². The number of rotatable bonds is 4. The van der Waals surface area contributed by atoms with E-state index in [1.807, 2.05) is 24.3 Å². The van der Waals surface area contributed by atoms with Crippen molar-refractivity contribution in [1.82, 2.24) is 0 Å². The summed E-state index contributed by atoms with van der Waals surface area (Å²) >= 11 is 0. The molecule has 0 unspecified atom stereocenters. The van der Waals surface area contributed by atoms with Crippen LogP contribution in [0, 0.1) is 5.41 Å². The Balaban J connectivity index is 1.77. The van der Waals surface area contributed by atoms with Crippen LogP contribution in [0.3, 0.4) is 0 Å². The Labute approximate surface area is 185 Å². The van der Waals surface area contributed by atoms with Crippen LogP contribution in [0.25, 0.3) is 21.5 Å². The van der Waals surface area contributed by atoms with Gasteiger partial charge in [0.2, 0.25) is 0 Å². The molecule has 0 heterocycles. The molecule has 0 atom stereocenters. The zero-order valence-corrected chi connectivity index (χ0v) is 16.9. The summed E-state index contributed by atoms with van der Waals surface area (Å²) < 4.78 is 43.4. The molecule has 0 saturated carbocycles. The Morgan fingerprint density at radius 1 is 0.879 bits per heavy atom.